The fraction of sp³-hybridized carbons (Fsp3) is 0.423. The van der Waals surface area contributed by atoms with Crippen LogP contribution in [0.1, 0.15) is 40.4 Å². The molecule has 0 radical (unpaired) electrons. The van der Waals surface area contributed by atoms with E-state index in [1.807, 2.05) is 11.5 Å². The molecule has 36 heavy (non-hydrogen) atoms. The normalized spacial score (nSPS) is 12.4. The summed E-state index contributed by atoms with van der Waals surface area (Å²) in [5, 5.41) is 9.62. The molecule has 1 N–H and O–H groups in total. The summed E-state index contributed by atoms with van der Waals surface area (Å²) in [5.74, 6) is -0.0548. The molecule has 2 aromatic carbocycles. The van der Waals surface area contributed by atoms with Crippen LogP contribution in [0, 0.1) is 5.82 Å². The first-order chi connectivity index (χ1) is 17.0. The molecule has 0 aliphatic heterocycles. The van der Waals surface area contributed by atoms with Crippen LogP contribution in [0.2, 0.25) is 0 Å². The number of aromatic nitrogens is 2. The van der Waals surface area contributed by atoms with Crippen molar-refractivity contribution < 1.29 is 33.3 Å². The maximum absolute atomic E-state index is 13.2. The van der Waals surface area contributed by atoms with E-state index in [-0.39, 0.29) is 12.4 Å². The Morgan fingerprint density at radius 3 is 2.42 bits per heavy atom. The Balaban J connectivity index is 1.99. The number of aliphatic carboxylic acids is 1. The van der Waals surface area contributed by atoms with Gasteiger partial charge in [0.1, 0.15) is 34.8 Å². The number of ether oxygens (including phenoxy) is 3. The highest BCUT2D eigenvalue weighted by Gasteiger charge is 2.31. The minimum Gasteiger partial charge on any atom is -0.480 e. The van der Waals surface area contributed by atoms with Crippen molar-refractivity contribution in [3.63, 3.8) is 0 Å². The number of carbonyl (C=O) groups is 2. The lowest BCUT2D eigenvalue weighted by molar-refractivity contribution is -0.142. The third-order valence-corrected chi connectivity index (χ3v) is 5.28. The highest BCUT2D eigenvalue weighted by molar-refractivity contribution is 5.80. The molecule has 0 unspecified atom stereocenters. The highest BCUT2D eigenvalue weighted by atomic mass is 19.1. The number of carbonyl (C=O) groups excluding carboxylic acids is 1. The van der Waals surface area contributed by atoms with E-state index in [2.05, 4.69) is 4.98 Å². The van der Waals surface area contributed by atoms with Gasteiger partial charge in [-0.15, -0.1) is 0 Å². The molecule has 10 heteroatoms. The number of hydrogen-bond acceptors (Lipinski definition) is 6. The summed E-state index contributed by atoms with van der Waals surface area (Å²) in [6.45, 7) is 9.71. The highest BCUT2D eigenvalue weighted by Crippen LogP contribution is 2.27. The van der Waals surface area contributed by atoms with Crippen LogP contribution in [0.3, 0.4) is 0 Å². The zero-order valence-electron chi connectivity index (χ0n) is 21.2. The van der Waals surface area contributed by atoms with Gasteiger partial charge in [-0.2, -0.15) is 0 Å². The largest absolute Gasteiger partial charge is 0.480 e. The molecule has 9 nitrogen and oxygen atoms in total. The number of fused-ring (bicyclic) bond motifs is 1. The smallest absolute Gasteiger partial charge is 0.411 e. The van der Waals surface area contributed by atoms with E-state index in [1.54, 1.807) is 39.0 Å². The molecule has 1 heterocycles. The third kappa shape index (κ3) is 6.94. The zero-order valence-corrected chi connectivity index (χ0v) is 21.2. The molecule has 3 rings (SSSR count). The third-order valence-electron chi connectivity index (χ3n) is 5.28. The second-order valence-corrected chi connectivity index (χ2v) is 9.21. The average Bonchev–Trinajstić information content (AvgIpc) is 3.14. The number of imidazole rings is 1. The second-order valence-electron chi connectivity index (χ2n) is 9.21. The summed E-state index contributed by atoms with van der Waals surface area (Å²) >= 11 is 0. The topological polar surface area (TPSA) is 103 Å². The summed E-state index contributed by atoms with van der Waals surface area (Å²) in [6.07, 6.45) is -0.749. The first-order valence-electron chi connectivity index (χ1n) is 11.7. The van der Waals surface area contributed by atoms with Crippen LogP contribution in [-0.2, 0) is 27.4 Å². The Labute approximate surface area is 209 Å². The molecular weight excluding hydrogens is 469 g/mol. The van der Waals surface area contributed by atoms with E-state index in [9.17, 15) is 19.1 Å². The molecular formula is C26H32FN3O6. The molecule has 3 aromatic rings. The van der Waals surface area contributed by atoms with Gasteiger partial charge >= 0.3 is 12.1 Å². The molecule has 194 valence electrons. The van der Waals surface area contributed by atoms with Crippen molar-refractivity contribution in [2.45, 2.75) is 59.4 Å². The molecule has 0 bridgehead atoms. The summed E-state index contributed by atoms with van der Waals surface area (Å²) in [5.41, 5.74) is 0.561. The van der Waals surface area contributed by atoms with Crippen molar-refractivity contribution in [3.8, 4) is 11.5 Å². The fourth-order valence-electron chi connectivity index (χ4n) is 3.49. The van der Waals surface area contributed by atoms with Crippen LogP contribution in [0.4, 0.5) is 9.18 Å². The van der Waals surface area contributed by atoms with Crippen LogP contribution < -0.4 is 4.74 Å². The Morgan fingerprint density at radius 1 is 1.14 bits per heavy atom. The maximum Gasteiger partial charge on any atom is 0.411 e. The SMILES string of the molecule is CCOCCn1c(CN(C(=O)OC(C)(C)C)[C@@H](C)C(=O)O)nc2ccc(Oc3ccc(F)cc3)cc21. The van der Waals surface area contributed by atoms with Gasteiger partial charge in [0.15, 0.2) is 0 Å². The monoisotopic (exact) mass is 501 g/mol. The standard InChI is InChI=1S/C26H32FN3O6/c1-6-34-14-13-29-22-15-20(35-19-9-7-18(27)8-10-19)11-12-21(22)28-23(29)16-30(17(2)24(31)32)25(33)36-26(3,4)5/h7-12,15,17H,6,13-14,16H2,1-5H3,(H,31,32)/t17-/m0/s1. The van der Waals surface area contributed by atoms with Crippen LogP contribution >= 0.6 is 0 Å². The number of carboxylic acids is 1. The second kappa shape index (κ2) is 11.4. The molecule has 0 fully saturated rings. The number of benzene rings is 2. The molecule has 1 atom stereocenters. The fourth-order valence-corrected chi connectivity index (χ4v) is 3.49. The molecule has 0 saturated heterocycles. The molecule has 0 aliphatic rings. The lowest BCUT2D eigenvalue weighted by atomic mass is 10.2. The molecule has 1 aromatic heterocycles. The van der Waals surface area contributed by atoms with Crippen LogP contribution in [0.25, 0.3) is 11.0 Å². The number of nitrogens with zero attached hydrogens (tertiary/aromatic N) is 3. The van der Waals surface area contributed by atoms with Crippen molar-refractivity contribution in [3.05, 3.63) is 54.1 Å². The van der Waals surface area contributed by atoms with E-state index in [1.165, 1.54) is 31.2 Å². The summed E-state index contributed by atoms with van der Waals surface area (Å²) in [4.78, 5) is 30.5. The molecule has 1 amide bonds. The van der Waals surface area contributed by atoms with Gasteiger partial charge in [0, 0.05) is 19.2 Å². The molecule has 0 saturated carbocycles. The Hall–Kier alpha value is -3.66. The van der Waals surface area contributed by atoms with Crippen molar-refractivity contribution in [2.24, 2.45) is 0 Å². The molecule has 0 aliphatic carbocycles. The van der Waals surface area contributed by atoms with Gasteiger partial charge in [0.05, 0.1) is 24.2 Å². The van der Waals surface area contributed by atoms with Crippen LogP contribution in [0.5, 0.6) is 11.5 Å². The van der Waals surface area contributed by atoms with Gasteiger partial charge in [-0.25, -0.2) is 19.0 Å². The minimum absolute atomic E-state index is 0.0860. The molecule has 0 spiro atoms. The zero-order chi connectivity index (χ0) is 26.5. The van der Waals surface area contributed by atoms with Crippen LogP contribution in [-0.4, -0.2) is 56.5 Å². The van der Waals surface area contributed by atoms with Gasteiger partial charge in [-0.3, -0.25) is 4.90 Å². The Bertz CT molecular complexity index is 1200. The van der Waals surface area contributed by atoms with Gasteiger partial charge < -0.3 is 23.9 Å². The number of carboxylic acid groups (broad SMARTS) is 1. The quantitative estimate of drug-likeness (QED) is 0.380. The van der Waals surface area contributed by atoms with Crippen molar-refractivity contribution in [2.75, 3.05) is 13.2 Å². The van der Waals surface area contributed by atoms with E-state index in [0.717, 1.165) is 10.4 Å². The van der Waals surface area contributed by atoms with Gasteiger partial charge in [-0.05, 0) is 71.0 Å². The van der Waals surface area contributed by atoms with Gasteiger partial charge in [-0.1, -0.05) is 0 Å². The van der Waals surface area contributed by atoms with E-state index < -0.39 is 23.7 Å². The lowest BCUT2D eigenvalue weighted by Gasteiger charge is -2.29. The summed E-state index contributed by atoms with van der Waals surface area (Å²) in [6, 6.07) is 9.85. The number of hydrogen-bond donors (Lipinski definition) is 1. The van der Waals surface area contributed by atoms with Gasteiger partial charge in [0.2, 0.25) is 0 Å². The van der Waals surface area contributed by atoms with Crippen molar-refractivity contribution in [1.29, 1.82) is 0 Å². The first kappa shape index (κ1) is 26.9. The van der Waals surface area contributed by atoms with Crippen molar-refractivity contribution in [1.82, 2.24) is 14.5 Å². The van der Waals surface area contributed by atoms with E-state index in [0.29, 0.717) is 42.6 Å². The number of amides is 1. The summed E-state index contributed by atoms with van der Waals surface area (Å²) < 4.78 is 32.0. The summed E-state index contributed by atoms with van der Waals surface area (Å²) in [7, 11) is 0. The Morgan fingerprint density at radius 2 is 1.81 bits per heavy atom. The predicted molar refractivity (Wildman–Crippen MR) is 132 cm³/mol. The number of halogens is 1. The van der Waals surface area contributed by atoms with E-state index >= 15 is 0 Å². The first-order valence-corrected chi connectivity index (χ1v) is 11.7. The van der Waals surface area contributed by atoms with Gasteiger partial charge in [0.25, 0.3) is 0 Å². The Kier molecular flexibility index (Phi) is 8.52. The maximum atomic E-state index is 13.2. The van der Waals surface area contributed by atoms with E-state index in [4.69, 9.17) is 14.2 Å². The number of rotatable bonds is 10. The minimum atomic E-state index is -1.16. The lowest BCUT2D eigenvalue weighted by Crippen LogP contribution is -2.45. The predicted octanol–water partition coefficient (Wildman–Crippen LogP) is 5.21. The average molecular weight is 502 g/mol. The van der Waals surface area contributed by atoms with Crippen LogP contribution in [0.15, 0.2) is 42.5 Å². The van der Waals surface area contributed by atoms with Crippen molar-refractivity contribution >= 4 is 23.1 Å².